The first-order valence-corrected chi connectivity index (χ1v) is 24.7. The Morgan fingerprint density at radius 1 is 0.746 bits per heavy atom. The van der Waals surface area contributed by atoms with E-state index < -0.39 is 34.5 Å². The van der Waals surface area contributed by atoms with Crippen LogP contribution in [0.25, 0.3) is 0 Å². The Morgan fingerprint density at radius 3 is 1.76 bits per heavy atom. The van der Waals surface area contributed by atoms with Gasteiger partial charge in [-0.05, 0) is 81.8 Å². The van der Waals surface area contributed by atoms with Gasteiger partial charge in [0.2, 0.25) is 11.8 Å². The molecule has 2 atom stereocenters. The van der Waals surface area contributed by atoms with Crippen LogP contribution in [0.15, 0.2) is 65.1 Å². The molecule has 9 rings (SSSR count). The maximum absolute atomic E-state index is 12.3. The molecule has 3 aliphatic carbocycles. The average Bonchev–Trinajstić information content (AvgIpc) is 3.82. The van der Waals surface area contributed by atoms with Crippen molar-refractivity contribution >= 4 is 50.3 Å². The van der Waals surface area contributed by atoms with Gasteiger partial charge in [-0.1, -0.05) is 76.6 Å². The molecule has 23 heteroatoms. The number of aromatic nitrogens is 2. The van der Waals surface area contributed by atoms with Crippen LogP contribution < -0.4 is 5.32 Å². The number of carbonyl (C=O) groups excluding carboxylic acids is 3. The number of nitrogens with one attached hydrogen (secondary N) is 1. The number of ether oxygens (including phenoxy) is 5. The summed E-state index contributed by atoms with van der Waals surface area (Å²) in [5.41, 5.74) is 2.01. The molecule has 3 aromatic rings. The Kier molecular flexibility index (Phi) is 22.3. The van der Waals surface area contributed by atoms with Crippen molar-refractivity contribution in [3.8, 4) is 0 Å². The third-order valence-corrected chi connectivity index (χ3v) is 11.9. The Balaban J connectivity index is 0.000000172. The van der Waals surface area contributed by atoms with Gasteiger partial charge in [0.25, 0.3) is 0 Å². The lowest BCUT2D eigenvalue weighted by Gasteiger charge is -2.27. The number of benzene rings is 2. The van der Waals surface area contributed by atoms with Crippen LogP contribution in [0.3, 0.4) is 0 Å². The van der Waals surface area contributed by atoms with E-state index in [2.05, 4.69) is 35.7 Å². The first kappa shape index (κ1) is 53.4. The van der Waals surface area contributed by atoms with Gasteiger partial charge in [0.15, 0.2) is 0 Å². The Labute approximate surface area is 397 Å². The molecule has 4 heterocycles. The second kappa shape index (κ2) is 28.0. The van der Waals surface area contributed by atoms with Crippen molar-refractivity contribution < 1.29 is 74.7 Å². The number of halogens is 1. The summed E-state index contributed by atoms with van der Waals surface area (Å²) in [4.78, 5) is 45.7. The number of esters is 2. The molecule has 0 unspecified atom stereocenters. The number of hydrogen-bond acceptors (Lipinski definition) is 17. The molecule has 370 valence electrons. The van der Waals surface area contributed by atoms with E-state index in [9.17, 15) is 27.6 Å². The number of carboxylic acid groups (broad SMARTS) is 1. The number of amides is 2. The molecule has 3 aliphatic heterocycles. The molecule has 3 saturated heterocycles. The number of aliphatic carboxylic acids is 1. The minimum absolute atomic E-state index is 0.0648. The summed E-state index contributed by atoms with van der Waals surface area (Å²) in [7, 11) is -4.76. The number of aliphatic hydroxyl groups excluding tert-OH is 1. The highest BCUT2D eigenvalue weighted by atomic mass is 79.9. The van der Waals surface area contributed by atoms with E-state index in [1.54, 1.807) is 0 Å². The Morgan fingerprint density at radius 2 is 1.30 bits per heavy atom. The molecule has 21 nitrogen and oxygen atoms in total. The summed E-state index contributed by atoms with van der Waals surface area (Å²) < 4.78 is 66.4. The summed E-state index contributed by atoms with van der Waals surface area (Å²) in [6, 6.07) is 17.6. The van der Waals surface area contributed by atoms with Crippen molar-refractivity contribution in [2.24, 2.45) is 0 Å². The second-order valence-corrected chi connectivity index (χ2v) is 17.8. The zero-order chi connectivity index (χ0) is 48.0. The number of urea groups is 1. The normalized spacial score (nSPS) is 20.0. The number of alkyl halides is 1. The van der Waals surface area contributed by atoms with Crippen LogP contribution in [0, 0.1) is 0 Å². The van der Waals surface area contributed by atoms with Crippen LogP contribution in [0.5, 0.6) is 0 Å². The minimum atomic E-state index is -4.76. The molecule has 2 amide bonds. The van der Waals surface area contributed by atoms with Crippen molar-refractivity contribution in [2.75, 3.05) is 38.2 Å². The maximum atomic E-state index is 12.3. The molecule has 67 heavy (non-hydrogen) atoms. The number of fused-ring (bicyclic) bond motifs is 2. The topological polar surface area (TPSA) is 276 Å². The number of aliphatic hydroxyl groups is 1. The summed E-state index contributed by atoms with van der Waals surface area (Å²) in [6.07, 6.45) is 11.6. The van der Waals surface area contributed by atoms with Crippen LogP contribution in [0.1, 0.15) is 99.6 Å². The number of hydroxylamine groups is 2. The van der Waals surface area contributed by atoms with Gasteiger partial charge in [-0.3, -0.25) is 9.35 Å². The molecule has 0 spiro atoms. The summed E-state index contributed by atoms with van der Waals surface area (Å²) in [5, 5.41) is 28.5. The standard InChI is InChI=1S/C13H16O3.C12H17N5O7S.C9H9BrO2.C6H10O3.C4H8O/c14-13(10-15-12-7-4-8-12)16-9-11-5-2-1-3-6-11;18-12-16-5-7(17(12)24-25(19,20)21)1-2-9(16)11-15-14-10(23-11)6-22-8-3-13-4-8;10-6-9(11)12-7-8-4-2-1-3-5-8;7-6(8)4-9-5-2-1-3-5;5-4-2-1-3-4/h1-3,5-6,12H,4,7-10H2;7-9,13H,1-6H2,(H,19,20,21);1-5H,6-7H2;5H,1-4H2,(H,7,8);4-5H,1-3H2/t;7-,9+;;;/m.1.../s1. The molecule has 2 bridgehead atoms. The highest BCUT2D eigenvalue weighted by Crippen LogP contribution is 2.38. The predicted molar refractivity (Wildman–Crippen MR) is 239 cm³/mol. The van der Waals surface area contributed by atoms with Gasteiger partial charge in [-0.25, -0.2) is 14.4 Å². The highest BCUT2D eigenvalue weighted by molar-refractivity contribution is 9.09. The van der Waals surface area contributed by atoms with Gasteiger partial charge < -0.3 is 48.5 Å². The van der Waals surface area contributed by atoms with Crippen molar-refractivity contribution in [2.45, 2.75) is 127 Å². The summed E-state index contributed by atoms with van der Waals surface area (Å²) >= 11 is 3.01. The molecule has 2 aromatic carbocycles. The van der Waals surface area contributed by atoms with Crippen LogP contribution in [-0.2, 0) is 72.6 Å². The third-order valence-electron chi connectivity index (χ3n) is 11.1. The molecular weight excluding hydrogens is 966 g/mol. The molecule has 0 radical (unpaired) electrons. The average molecular weight is 1030 g/mol. The van der Waals surface area contributed by atoms with E-state index in [0.29, 0.717) is 37.0 Å². The number of carboxylic acids is 1. The minimum Gasteiger partial charge on any atom is -0.480 e. The van der Waals surface area contributed by atoms with E-state index >= 15 is 0 Å². The van der Waals surface area contributed by atoms with Gasteiger partial charge in [0.05, 0.1) is 30.5 Å². The molecule has 3 saturated carbocycles. The van der Waals surface area contributed by atoms with Crippen molar-refractivity contribution in [1.82, 2.24) is 25.5 Å². The molecular formula is C44H60BrN5O16S. The molecule has 1 aromatic heterocycles. The van der Waals surface area contributed by atoms with Crippen molar-refractivity contribution in [3.63, 3.8) is 0 Å². The largest absolute Gasteiger partial charge is 0.480 e. The third kappa shape index (κ3) is 19.5. The monoisotopic (exact) mass is 1030 g/mol. The van der Waals surface area contributed by atoms with Gasteiger partial charge in [0, 0.05) is 19.6 Å². The molecule has 6 aliphatic rings. The van der Waals surface area contributed by atoms with Gasteiger partial charge in [-0.15, -0.1) is 14.5 Å². The maximum Gasteiger partial charge on any atom is 0.418 e. The van der Waals surface area contributed by atoms with Gasteiger partial charge in [-0.2, -0.15) is 13.5 Å². The Hall–Kier alpha value is -4.59. The number of hydrogen-bond donors (Lipinski definition) is 4. The van der Waals surface area contributed by atoms with Gasteiger partial charge in [0.1, 0.15) is 44.4 Å². The fourth-order valence-corrected chi connectivity index (χ4v) is 7.06. The van der Waals surface area contributed by atoms with Crippen LogP contribution in [0.4, 0.5) is 4.79 Å². The first-order chi connectivity index (χ1) is 32.3. The lowest BCUT2D eigenvalue weighted by atomic mass is 9.96. The fourth-order valence-electron chi connectivity index (χ4n) is 6.51. The lowest BCUT2D eigenvalue weighted by molar-refractivity contribution is -0.154. The summed E-state index contributed by atoms with van der Waals surface area (Å²) in [6.45, 7) is 2.65. The van der Waals surface area contributed by atoms with Crippen molar-refractivity contribution in [1.29, 1.82) is 0 Å². The van der Waals surface area contributed by atoms with E-state index in [1.165, 1.54) is 24.2 Å². The second-order valence-electron chi connectivity index (χ2n) is 16.3. The van der Waals surface area contributed by atoms with Crippen LogP contribution in [0.2, 0.25) is 0 Å². The van der Waals surface area contributed by atoms with Crippen LogP contribution in [-0.4, -0.2) is 136 Å². The predicted octanol–water partition coefficient (Wildman–Crippen LogP) is 4.83. The number of rotatable bonds is 17. The fraction of sp³-hybridized carbons (Fsp3) is 0.591. The van der Waals surface area contributed by atoms with Crippen molar-refractivity contribution in [3.05, 3.63) is 83.6 Å². The Bertz CT molecular complexity index is 2070. The SMILES string of the molecule is O=C(CBr)OCc1ccccc1.O=C(COC1CCC1)OCc1ccccc1.O=C(O)COC1CCC1.O=C1N2C[C@@H](CC[C@H]2c2nnc(COC3CNC3)o2)N1OS(=O)(=O)O.OC1CCC1. The van der Waals surface area contributed by atoms with E-state index in [1.807, 2.05) is 60.7 Å². The quantitative estimate of drug-likeness (QED) is 0.0801. The molecule has 6 fully saturated rings. The summed E-state index contributed by atoms with van der Waals surface area (Å²) in [5.74, 6) is -0.802. The lowest BCUT2D eigenvalue weighted by Crippen LogP contribution is -2.48. The number of carbonyl (C=O) groups is 4. The van der Waals surface area contributed by atoms with E-state index in [0.717, 1.165) is 62.7 Å². The first-order valence-electron chi connectivity index (χ1n) is 22.3. The number of piperidine rings is 1. The zero-order valence-electron chi connectivity index (χ0n) is 37.1. The van der Waals surface area contributed by atoms with Crippen LogP contribution >= 0.6 is 15.9 Å². The van der Waals surface area contributed by atoms with E-state index in [4.69, 9.17) is 42.9 Å². The number of nitrogens with zero attached hydrogens (tertiary/aromatic N) is 4. The van der Waals surface area contributed by atoms with E-state index in [-0.39, 0.29) is 73.9 Å². The smallest absolute Gasteiger partial charge is 0.418 e. The highest BCUT2D eigenvalue weighted by Gasteiger charge is 2.49. The molecule has 4 N–H and O–H groups in total. The van der Waals surface area contributed by atoms with Gasteiger partial charge >= 0.3 is 34.3 Å². The zero-order valence-corrected chi connectivity index (χ0v) is 39.5.